The average molecular weight is 775 g/mol. The van der Waals surface area contributed by atoms with Crippen LogP contribution >= 0.6 is 0 Å². The lowest BCUT2D eigenvalue weighted by Gasteiger charge is -2.51. The van der Waals surface area contributed by atoms with Crippen LogP contribution in [0.3, 0.4) is 0 Å². The van der Waals surface area contributed by atoms with Gasteiger partial charge < -0.3 is 54.8 Å². The molecule has 0 spiro atoms. The van der Waals surface area contributed by atoms with Crippen LogP contribution in [0.25, 0.3) is 0 Å². The molecule has 2 bridgehead atoms. The zero-order valence-electron chi connectivity index (χ0n) is 32.4. The molecule has 308 valence electrons. The molecule has 0 unspecified atom stereocenters. The number of fused-ring (bicyclic) bond motifs is 3. The molecule has 4 amide bonds. The summed E-state index contributed by atoms with van der Waals surface area (Å²) in [6.07, 6.45) is 19.4. The van der Waals surface area contributed by atoms with E-state index in [9.17, 15) is 24.3 Å². The molecule has 0 aromatic rings. The van der Waals surface area contributed by atoms with Crippen LogP contribution in [0.1, 0.15) is 77.0 Å². The average Bonchev–Trinajstić information content (AvgIpc) is 3.18. The van der Waals surface area contributed by atoms with Gasteiger partial charge in [-0.05, 0) is 57.8 Å². The SMILES string of the molecule is C#CCOCCOCCNC(=O)CCC(CCC(=O)NCCOCCOCC#C)(CCC(=O)NCCOCCOCC#C)NC(=O)C12CCC(O)(CC1)CC2. The lowest BCUT2D eigenvalue weighted by molar-refractivity contribution is -0.150. The molecule has 0 heterocycles. The van der Waals surface area contributed by atoms with E-state index in [4.69, 9.17) is 47.7 Å². The number of carbonyl (C=O) groups excluding carboxylic acids is 4. The van der Waals surface area contributed by atoms with Crippen LogP contribution < -0.4 is 21.3 Å². The molecular weight excluding hydrogens is 712 g/mol. The Hall–Kier alpha value is -3.72. The number of nitrogens with one attached hydrogen (secondary N) is 4. The fourth-order valence-electron chi connectivity index (χ4n) is 6.61. The Bertz CT molecular complexity index is 1150. The third-order valence-corrected chi connectivity index (χ3v) is 9.94. The molecule has 3 saturated carbocycles. The highest BCUT2D eigenvalue weighted by Gasteiger charge is 2.52. The van der Waals surface area contributed by atoms with Crippen molar-refractivity contribution in [1.29, 1.82) is 0 Å². The van der Waals surface area contributed by atoms with Crippen molar-refractivity contribution in [3.05, 3.63) is 0 Å². The monoisotopic (exact) mass is 774 g/mol. The van der Waals surface area contributed by atoms with E-state index in [2.05, 4.69) is 39.0 Å². The van der Waals surface area contributed by atoms with E-state index >= 15 is 0 Å². The molecule has 0 saturated heterocycles. The second-order valence-corrected chi connectivity index (χ2v) is 13.9. The Morgan fingerprint density at radius 2 is 0.855 bits per heavy atom. The van der Waals surface area contributed by atoms with Crippen LogP contribution in [0.5, 0.6) is 0 Å². The van der Waals surface area contributed by atoms with Gasteiger partial charge in [-0.2, -0.15) is 0 Å². The van der Waals surface area contributed by atoms with Crippen LogP contribution in [-0.4, -0.2) is 139 Å². The predicted molar refractivity (Wildman–Crippen MR) is 204 cm³/mol. The Morgan fingerprint density at radius 3 is 1.18 bits per heavy atom. The van der Waals surface area contributed by atoms with Crippen LogP contribution in [0.2, 0.25) is 0 Å². The Kier molecular flexibility index (Phi) is 24.0. The number of rotatable bonds is 32. The smallest absolute Gasteiger partial charge is 0.226 e. The number of amides is 4. The first-order valence-corrected chi connectivity index (χ1v) is 19.2. The molecule has 55 heavy (non-hydrogen) atoms. The van der Waals surface area contributed by atoms with Crippen LogP contribution in [0.15, 0.2) is 0 Å². The number of ether oxygens (including phenoxy) is 6. The van der Waals surface area contributed by atoms with Gasteiger partial charge in [-0.3, -0.25) is 19.2 Å². The van der Waals surface area contributed by atoms with Gasteiger partial charge in [0.1, 0.15) is 19.8 Å². The Balaban J connectivity index is 2.09. The summed E-state index contributed by atoms with van der Waals surface area (Å²) in [6.45, 7) is 4.20. The number of terminal acetylenes is 3. The van der Waals surface area contributed by atoms with Gasteiger partial charge in [0, 0.05) is 49.9 Å². The normalized spacial score (nSPS) is 18.7. The van der Waals surface area contributed by atoms with Crippen molar-refractivity contribution >= 4 is 23.6 Å². The molecule has 3 rings (SSSR count). The lowest BCUT2D eigenvalue weighted by Crippen LogP contribution is -2.58. The van der Waals surface area contributed by atoms with Crippen molar-refractivity contribution in [3.63, 3.8) is 0 Å². The van der Waals surface area contributed by atoms with Crippen molar-refractivity contribution in [2.24, 2.45) is 5.41 Å². The second kappa shape index (κ2) is 27.8. The maximum Gasteiger partial charge on any atom is 0.226 e. The standard InChI is InChI=1S/C40H62N4O11/c1-4-22-50-28-31-53-25-19-41-34(45)7-10-39(11-8-35(46)42-20-26-54-32-29-51-23-5-2,12-9-36(47)43-21-27-55-33-30-52-24-6-3)44-37(48)38-13-16-40(49,17-14-38)18-15-38/h1-3,49H,7-33H2,(H,41,45)(H,42,46)(H,43,47)(H,44,48). The largest absolute Gasteiger partial charge is 0.390 e. The van der Waals surface area contributed by atoms with Gasteiger partial charge in [0.25, 0.3) is 0 Å². The molecule has 0 radical (unpaired) electrons. The van der Waals surface area contributed by atoms with Gasteiger partial charge in [-0.25, -0.2) is 0 Å². The van der Waals surface area contributed by atoms with Crippen LogP contribution in [0, 0.1) is 42.4 Å². The lowest BCUT2D eigenvalue weighted by atomic mass is 9.58. The molecule has 3 fully saturated rings. The van der Waals surface area contributed by atoms with E-state index in [0.29, 0.717) is 78.2 Å². The summed E-state index contributed by atoms with van der Waals surface area (Å²) in [5.74, 6) is 6.19. The molecule has 5 N–H and O–H groups in total. The van der Waals surface area contributed by atoms with E-state index < -0.39 is 16.6 Å². The maximum absolute atomic E-state index is 14.2. The van der Waals surface area contributed by atoms with Crippen molar-refractivity contribution in [2.75, 3.05) is 98.9 Å². The van der Waals surface area contributed by atoms with Gasteiger partial charge in [0.15, 0.2) is 0 Å². The summed E-state index contributed by atoms with van der Waals surface area (Å²) in [4.78, 5) is 53.5. The molecule has 15 heteroatoms. The predicted octanol–water partition coefficient (Wildman–Crippen LogP) is 0.615. The fraction of sp³-hybridized carbons (Fsp3) is 0.750. The third-order valence-electron chi connectivity index (χ3n) is 9.94. The number of carbonyl (C=O) groups is 4. The maximum atomic E-state index is 14.2. The zero-order valence-corrected chi connectivity index (χ0v) is 32.4. The van der Waals surface area contributed by atoms with E-state index in [0.717, 1.165) is 0 Å². The molecule has 0 aromatic heterocycles. The van der Waals surface area contributed by atoms with Crippen molar-refractivity contribution in [3.8, 4) is 37.0 Å². The van der Waals surface area contributed by atoms with E-state index in [1.807, 2.05) is 0 Å². The van der Waals surface area contributed by atoms with Crippen molar-refractivity contribution in [2.45, 2.75) is 88.2 Å². The fourth-order valence-corrected chi connectivity index (χ4v) is 6.61. The molecular formula is C40H62N4O11. The molecule has 0 aliphatic heterocycles. The quantitative estimate of drug-likeness (QED) is 0.0476. The minimum Gasteiger partial charge on any atom is -0.390 e. The van der Waals surface area contributed by atoms with E-state index in [1.165, 1.54) is 0 Å². The zero-order chi connectivity index (χ0) is 40.1. The summed E-state index contributed by atoms with van der Waals surface area (Å²) in [5, 5.41) is 22.6. The Morgan fingerprint density at radius 1 is 0.527 bits per heavy atom. The van der Waals surface area contributed by atoms with Gasteiger partial charge in [0.2, 0.25) is 23.6 Å². The van der Waals surface area contributed by atoms with Gasteiger partial charge in [-0.15, -0.1) is 19.3 Å². The van der Waals surface area contributed by atoms with E-state index in [1.54, 1.807) is 0 Å². The van der Waals surface area contributed by atoms with Gasteiger partial charge >= 0.3 is 0 Å². The highest BCUT2D eigenvalue weighted by atomic mass is 16.5. The van der Waals surface area contributed by atoms with E-state index in [-0.39, 0.29) is 121 Å². The number of hydrogen-bond acceptors (Lipinski definition) is 11. The number of hydrogen-bond donors (Lipinski definition) is 5. The molecule has 15 nitrogen and oxygen atoms in total. The minimum atomic E-state index is -1.07. The topological polar surface area (TPSA) is 192 Å². The molecule has 0 atom stereocenters. The third kappa shape index (κ3) is 20.1. The molecule has 0 aromatic carbocycles. The number of aliphatic hydroxyl groups is 1. The summed E-state index contributed by atoms with van der Waals surface area (Å²) in [5.41, 5.74) is -2.46. The summed E-state index contributed by atoms with van der Waals surface area (Å²) >= 11 is 0. The van der Waals surface area contributed by atoms with Gasteiger partial charge in [0.05, 0.1) is 65.1 Å². The van der Waals surface area contributed by atoms with Crippen LogP contribution in [-0.2, 0) is 47.6 Å². The molecule has 3 aliphatic rings. The van der Waals surface area contributed by atoms with Crippen molar-refractivity contribution < 1.29 is 52.7 Å². The summed E-state index contributed by atoms with van der Waals surface area (Å²) < 4.78 is 32.0. The Labute approximate surface area is 326 Å². The first-order valence-electron chi connectivity index (χ1n) is 19.2. The highest BCUT2D eigenvalue weighted by molar-refractivity contribution is 5.84. The van der Waals surface area contributed by atoms with Gasteiger partial charge in [-0.1, -0.05) is 17.8 Å². The van der Waals surface area contributed by atoms with Crippen LogP contribution in [0.4, 0.5) is 0 Å². The van der Waals surface area contributed by atoms with Crippen molar-refractivity contribution in [1.82, 2.24) is 21.3 Å². The highest BCUT2D eigenvalue weighted by Crippen LogP contribution is 2.52. The first kappa shape index (κ1) is 47.4. The minimum absolute atomic E-state index is 0.0344. The second-order valence-electron chi connectivity index (χ2n) is 13.9. The summed E-state index contributed by atoms with van der Waals surface area (Å²) in [7, 11) is 0. The summed E-state index contributed by atoms with van der Waals surface area (Å²) in [6, 6.07) is 0. The first-order chi connectivity index (χ1) is 26.6. The molecule has 3 aliphatic carbocycles.